The number of aliphatic carboxylic acids is 1. The number of hydrogen-bond acceptors (Lipinski definition) is 4. The number of carboxylic acid groups (broad SMARTS) is 2. The Bertz CT molecular complexity index is 506. The van der Waals surface area contributed by atoms with Crippen molar-refractivity contribution in [1.29, 1.82) is 0 Å². The Kier molecular flexibility index (Phi) is 3.24. The molecule has 0 spiro atoms. The van der Waals surface area contributed by atoms with Gasteiger partial charge < -0.3 is 10.2 Å². The molecule has 1 fully saturated rings. The second-order valence-electron chi connectivity index (χ2n) is 4.09. The average molecular weight is 254 g/mol. The molecule has 96 valence electrons. The molecule has 0 radical (unpaired) electrons. The van der Waals surface area contributed by atoms with Gasteiger partial charge in [-0.05, 0) is 24.5 Å². The zero-order valence-corrected chi connectivity index (χ0v) is 9.26. The molecule has 2 rings (SSSR count). The number of carbonyl (C=O) groups is 2. The smallest absolute Gasteiger partial charge is 0.357 e. The fraction of sp³-hybridized carbons (Fsp3) is 0.364. The molecule has 0 amide bonds. The normalized spacial score (nSPS) is 22.9. The minimum Gasteiger partial charge on any atom is -0.480 e. The average Bonchev–Trinajstić information content (AvgIpc) is 2.77. The second-order valence-corrected chi connectivity index (χ2v) is 4.09. The first-order valence-electron chi connectivity index (χ1n) is 5.36. The lowest BCUT2D eigenvalue weighted by molar-refractivity contribution is -0.139. The monoisotopic (exact) mass is 254 g/mol. The van der Waals surface area contributed by atoms with Gasteiger partial charge in [-0.25, -0.2) is 14.2 Å². The number of aromatic nitrogens is 1. The molecule has 2 heterocycles. The number of carboxylic acids is 2. The van der Waals surface area contributed by atoms with Gasteiger partial charge in [0, 0.05) is 12.2 Å². The van der Waals surface area contributed by atoms with E-state index in [4.69, 9.17) is 10.2 Å². The molecule has 1 aliphatic heterocycles. The Morgan fingerprint density at radius 3 is 2.61 bits per heavy atom. The Hall–Kier alpha value is -2.02. The van der Waals surface area contributed by atoms with Crippen LogP contribution in [0.2, 0.25) is 0 Å². The number of rotatable bonds is 3. The summed E-state index contributed by atoms with van der Waals surface area (Å²) in [6.45, 7) is 0. The van der Waals surface area contributed by atoms with E-state index in [1.54, 1.807) is 0 Å². The molecule has 1 saturated heterocycles. The molecule has 1 aromatic rings. The highest BCUT2D eigenvalue weighted by atomic mass is 19.1. The first-order valence-corrected chi connectivity index (χ1v) is 5.36. The van der Waals surface area contributed by atoms with Crippen molar-refractivity contribution in [3.63, 3.8) is 0 Å². The summed E-state index contributed by atoms with van der Waals surface area (Å²) in [6, 6.07) is 0.117. The van der Waals surface area contributed by atoms with Crippen LogP contribution in [0.4, 0.5) is 4.39 Å². The Morgan fingerprint density at radius 1 is 1.39 bits per heavy atom. The van der Waals surface area contributed by atoms with Crippen LogP contribution in [-0.2, 0) is 4.79 Å². The van der Waals surface area contributed by atoms with Crippen LogP contribution < -0.4 is 5.32 Å². The van der Waals surface area contributed by atoms with Gasteiger partial charge in [0.15, 0.2) is 11.5 Å². The predicted octanol–water partition coefficient (Wildman–Crippen LogP) is 0.797. The van der Waals surface area contributed by atoms with Crippen molar-refractivity contribution in [3.8, 4) is 0 Å². The summed E-state index contributed by atoms with van der Waals surface area (Å²) >= 11 is 0. The Labute approximate surface area is 101 Å². The molecule has 18 heavy (non-hydrogen) atoms. The van der Waals surface area contributed by atoms with Crippen molar-refractivity contribution in [1.82, 2.24) is 10.3 Å². The zero-order valence-electron chi connectivity index (χ0n) is 9.26. The topological polar surface area (TPSA) is 99.5 Å². The summed E-state index contributed by atoms with van der Waals surface area (Å²) in [4.78, 5) is 24.9. The van der Waals surface area contributed by atoms with Gasteiger partial charge in [-0.1, -0.05) is 0 Å². The lowest BCUT2D eigenvalue weighted by Crippen LogP contribution is -2.31. The maximum absolute atomic E-state index is 13.4. The van der Waals surface area contributed by atoms with Crippen LogP contribution in [-0.4, -0.2) is 33.2 Å². The molecule has 0 saturated carbocycles. The van der Waals surface area contributed by atoms with Gasteiger partial charge in [-0.2, -0.15) is 0 Å². The lowest BCUT2D eigenvalue weighted by atomic mass is 10.1. The van der Waals surface area contributed by atoms with Crippen molar-refractivity contribution in [2.45, 2.75) is 24.9 Å². The maximum atomic E-state index is 13.4. The second kappa shape index (κ2) is 4.69. The van der Waals surface area contributed by atoms with E-state index in [2.05, 4.69) is 10.3 Å². The van der Waals surface area contributed by atoms with Gasteiger partial charge in [0.05, 0.1) is 0 Å². The summed E-state index contributed by atoms with van der Waals surface area (Å²) in [7, 11) is 0. The summed E-state index contributed by atoms with van der Waals surface area (Å²) in [5, 5.41) is 20.3. The molecular formula is C11H11FN2O4. The quantitative estimate of drug-likeness (QED) is 0.737. The van der Waals surface area contributed by atoms with Crippen LogP contribution in [0, 0.1) is 5.82 Å². The first-order chi connectivity index (χ1) is 8.49. The molecular weight excluding hydrogens is 243 g/mol. The van der Waals surface area contributed by atoms with Crippen molar-refractivity contribution >= 4 is 11.9 Å². The van der Waals surface area contributed by atoms with Gasteiger partial charge in [0.2, 0.25) is 0 Å². The molecule has 0 bridgehead atoms. The molecule has 3 N–H and O–H groups in total. The molecule has 6 nitrogen and oxygen atoms in total. The summed E-state index contributed by atoms with van der Waals surface area (Å²) in [5.74, 6) is -3.30. The van der Waals surface area contributed by atoms with E-state index in [-0.39, 0.29) is 6.04 Å². The zero-order chi connectivity index (χ0) is 13.3. The van der Waals surface area contributed by atoms with Crippen molar-refractivity contribution in [3.05, 3.63) is 29.3 Å². The SMILES string of the molecule is O=C(O)c1ncc([C@H]2CC[C@@H](C(=O)O)N2)cc1F. The minimum atomic E-state index is -1.43. The minimum absolute atomic E-state index is 0.309. The number of pyridine rings is 1. The highest BCUT2D eigenvalue weighted by Gasteiger charge is 2.30. The van der Waals surface area contributed by atoms with E-state index in [9.17, 15) is 14.0 Å². The number of nitrogens with zero attached hydrogens (tertiary/aromatic N) is 1. The van der Waals surface area contributed by atoms with Gasteiger partial charge in [-0.15, -0.1) is 0 Å². The molecule has 0 aliphatic carbocycles. The molecule has 1 aromatic heterocycles. The van der Waals surface area contributed by atoms with Crippen LogP contribution in [0.25, 0.3) is 0 Å². The van der Waals surface area contributed by atoms with Crippen molar-refractivity contribution in [2.75, 3.05) is 0 Å². The summed E-state index contributed by atoms with van der Waals surface area (Å²) in [6.07, 6.45) is 2.25. The fourth-order valence-electron chi connectivity index (χ4n) is 2.00. The Balaban J connectivity index is 2.18. The van der Waals surface area contributed by atoms with Crippen molar-refractivity contribution in [2.24, 2.45) is 0 Å². The predicted molar refractivity (Wildman–Crippen MR) is 57.7 cm³/mol. The van der Waals surface area contributed by atoms with E-state index in [1.807, 2.05) is 0 Å². The fourth-order valence-corrected chi connectivity index (χ4v) is 2.00. The number of halogens is 1. The maximum Gasteiger partial charge on any atom is 0.357 e. The molecule has 2 atom stereocenters. The first kappa shape index (κ1) is 12.4. The molecule has 7 heteroatoms. The number of nitrogens with one attached hydrogen (secondary N) is 1. The van der Waals surface area contributed by atoms with Crippen molar-refractivity contribution < 1.29 is 24.2 Å². The van der Waals surface area contributed by atoms with E-state index in [0.29, 0.717) is 18.4 Å². The standard InChI is InChI=1S/C11H11FN2O4/c12-6-3-5(4-13-9(6)11(17)18)7-1-2-8(14-7)10(15)16/h3-4,7-8,14H,1-2H2,(H,15,16)(H,17,18)/t7-,8+/m1/s1. The largest absolute Gasteiger partial charge is 0.480 e. The van der Waals surface area contributed by atoms with Gasteiger partial charge in [-0.3, -0.25) is 10.1 Å². The van der Waals surface area contributed by atoms with E-state index >= 15 is 0 Å². The van der Waals surface area contributed by atoms with Gasteiger partial charge in [0.1, 0.15) is 6.04 Å². The summed E-state index contributed by atoms with van der Waals surface area (Å²) in [5.41, 5.74) is -0.173. The van der Waals surface area contributed by atoms with E-state index in [0.717, 1.165) is 6.07 Å². The van der Waals surface area contributed by atoms with Crippen LogP contribution in [0.15, 0.2) is 12.3 Å². The highest BCUT2D eigenvalue weighted by molar-refractivity contribution is 5.85. The third-order valence-corrected chi connectivity index (χ3v) is 2.91. The van der Waals surface area contributed by atoms with E-state index < -0.39 is 29.5 Å². The number of aromatic carboxylic acids is 1. The third kappa shape index (κ3) is 2.30. The van der Waals surface area contributed by atoms with Crippen LogP contribution in [0.1, 0.15) is 34.9 Å². The summed E-state index contributed by atoms with van der Waals surface area (Å²) < 4.78 is 13.4. The number of hydrogen-bond donors (Lipinski definition) is 3. The van der Waals surface area contributed by atoms with Gasteiger partial charge in [0.25, 0.3) is 0 Å². The van der Waals surface area contributed by atoms with Crippen LogP contribution in [0.3, 0.4) is 0 Å². The lowest BCUT2D eigenvalue weighted by Gasteiger charge is -2.12. The molecule has 0 aromatic carbocycles. The van der Waals surface area contributed by atoms with Crippen LogP contribution >= 0.6 is 0 Å². The van der Waals surface area contributed by atoms with Gasteiger partial charge >= 0.3 is 11.9 Å². The third-order valence-electron chi connectivity index (χ3n) is 2.91. The molecule has 0 unspecified atom stereocenters. The highest BCUT2D eigenvalue weighted by Crippen LogP contribution is 2.26. The van der Waals surface area contributed by atoms with Crippen LogP contribution in [0.5, 0.6) is 0 Å². The molecule has 1 aliphatic rings. The Morgan fingerprint density at radius 2 is 2.11 bits per heavy atom. The van der Waals surface area contributed by atoms with E-state index in [1.165, 1.54) is 6.20 Å².